The molecule has 2 aromatic heterocycles. The van der Waals surface area contributed by atoms with Crippen molar-refractivity contribution >= 4 is 28.0 Å². The van der Waals surface area contributed by atoms with Crippen LogP contribution in [0.1, 0.15) is 15.4 Å². The summed E-state index contributed by atoms with van der Waals surface area (Å²) in [5, 5.41) is 7.26. The smallest absolute Gasteiger partial charge is 0.188 e. The van der Waals surface area contributed by atoms with Gasteiger partial charge in [0.05, 0.1) is 5.52 Å². The maximum Gasteiger partial charge on any atom is 0.188 e. The fourth-order valence-corrected chi connectivity index (χ4v) is 2.78. The normalized spacial score (nSPS) is 10.9. The van der Waals surface area contributed by atoms with E-state index in [1.54, 1.807) is 16.0 Å². The van der Waals surface area contributed by atoms with Crippen molar-refractivity contribution in [2.75, 3.05) is 0 Å². The Morgan fingerprint density at radius 2 is 2.11 bits per heavy atom. The number of benzene rings is 1. The number of carbonyl (C=O) groups excluding carboxylic acids is 1. The molecule has 18 heavy (non-hydrogen) atoms. The number of thiophene rings is 1. The third-order valence-electron chi connectivity index (χ3n) is 2.94. The molecule has 0 aliphatic rings. The molecule has 0 saturated heterocycles. The topological polar surface area (TPSA) is 34.9 Å². The quantitative estimate of drug-likeness (QED) is 0.675. The predicted molar refractivity (Wildman–Crippen MR) is 73.1 cm³/mol. The number of rotatable bonds is 3. The van der Waals surface area contributed by atoms with E-state index in [9.17, 15) is 4.79 Å². The minimum absolute atomic E-state index is 0.0780. The molecule has 0 saturated carbocycles. The molecule has 0 aliphatic heterocycles. The van der Waals surface area contributed by atoms with Crippen LogP contribution in [0.4, 0.5) is 0 Å². The Hall–Kier alpha value is -1.94. The SMILES string of the molecule is Cn1nc(C(=O)Cc2cccs2)c2ccccc21. The van der Waals surface area contributed by atoms with Crippen molar-refractivity contribution in [3.63, 3.8) is 0 Å². The Bertz CT molecular complexity index is 698. The second kappa shape index (κ2) is 4.38. The maximum atomic E-state index is 12.3. The first-order valence-corrected chi connectivity index (χ1v) is 6.61. The first-order chi connectivity index (χ1) is 8.75. The third-order valence-corrected chi connectivity index (χ3v) is 3.81. The highest BCUT2D eigenvalue weighted by Gasteiger charge is 2.16. The summed E-state index contributed by atoms with van der Waals surface area (Å²) in [6.07, 6.45) is 0.429. The van der Waals surface area contributed by atoms with Gasteiger partial charge >= 0.3 is 0 Å². The van der Waals surface area contributed by atoms with E-state index in [0.717, 1.165) is 15.8 Å². The van der Waals surface area contributed by atoms with Gasteiger partial charge in [0.2, 0.25) is 0 Å². The molecular formula is C14H12N2OS. The summed E-state index contributed by atoms with van der Waals surface area (Å²) < 4.78 is 1.76. The average molecular weight is 256 g/mol. The maximum absolute atomic E-state index is 12.3. The van der Waals surface area contributed by atoms with Crippen LogP contribution >= 0.6 is 11.3 Å². The second-order valence-corrected chi connectivity index (χ2v) is 5.20. The first-order valence-electron chi connectivity index (χ1n) is 5.73. The van der Waals surface area contributed by atoms with E-state index < -0.39 is 0 Å². The molecule has 3 aromatic rings. The van der Waals surface area contributed by atoms with E-state index >= 15 is 0 Å². The van der Waals surface area contributed by atoms with Gasteiger partial charge in [-0.25, -0.2) is 0 Å². The van der Waals surface area contributed by atoms with E-state index in [2.05, 4.69) is 5.10 Å². The number of aryl methyl sites for hydroxylation is 1. The molecule has 0 amide bonds. The number of fused-ring (bicyclic) bond motifs is 1. The van der Waals surface area contributed by atoms with Crippen molar-refractivity contribution in [1.82, 2.24) is 9.78 Å². The van der Waals surface area contributed by atoms with Crippen LogP contribution in [0.3, 0.4) is 0 Å². The number of aromatic nitrogens is 2. The van der Waals surface area contributed by atoms with Crippen LogP contribution in [0.5, 0.6) is 0 Å². The number of para-hydroxylation sites is 1. The summed E-state index contributed by atoms with van der Waals surface area (Å²) in [5.41, 5.74) is 1.56. The van der Waals surface area contributed by atoms with Crippen molar-refractivity contribution < 1.29 is 4.79 Å². The van der Waals surface area contributed by atoms with Crippen LogP contribution in [0.25, 0.3) is 10.9 Å². The molecule has 0 atom stereocenters. The first kappa shape index (κ1) is 11.2. The van der Waals surface area contributed by atoms with Crippen LogP contribution in [0.15, 0.2) is 41.8 Å². The van der Waals surface area contributed by atoms with Gasteiger partial charge in [0, 0.05) is 23.7 Å². The lowest BCUT2D eigenvalue weighted by Crippen LogP contribution is -2.04. The molecule has 0 N–H and O–H groups in total. The molecule has 0 bridgehead atoms. The van der Waals surface area contributed by atoms with Gasteiger partial charge < -0.3 is 0 Å². The molecule has 0 unspecified atom stereocenters. The summed E-state index contributed by atoms with van der Waals surface area (Å²) in [6, 6.07) is 11.8. The van der Waals surface area contributed by atoms with Gasteiger partial charge in [-0.05, 0) is 17.5 Å². The van der Waals surface area contributed by atoms with E-state index in [1.807, 2.05) is 48.8 Å². The molecule has 2 heterocycles. The van der Waals surface area contributed by atoms with Crippen molar-refractivity contribution in [1.29, 1.82) is 0 Å². The summed E-state index contributed by atoms with van der Waals surface area (Å²) in [4.78, 5) is 13.3. The van der Waals surface area contributed by atoms with Crippen LogP contribution in [0.2, 0.25) is 0 Å². The largest absolute Gasteiger partial charge is 0.292 e. The van der Waals surface area contributed by atoms with Crippen molar-refractivity contribution in [3.05, 3.63) is 52.3 Å². The predicted octanol–water partition coefficient (Wildman–Crippen LogP) is 3.06. The van der Waals surface area contributed by atoms with Crippen LogP contribution in [0, 0.1) is 0 Å². The zero-order valence-corrected chi connectivity index (χ0v) is 10.8. The average Bonchev–Trinajstić information content (AvgIpc) is 2.98. The summed E-state index contributed by atoms with van der Waals surface area (Å²) in [5.74, 6) is 0.0780. The molecule has 0 radical (unpaired) electrons. The summed E-state index contributed by atoms with van der Waals surface area (Å²) >= 11 is 1.60. The second-order valence-electron chi connectivity index (χ2n) is 4.17. The van der Waals surface area contributed by atoms with E-state index in [-0.39, 0.29) is 5.78 Å². The number of Topliss-reactive ketones (excluding diaryl/α,β-unsaturated/α-hetero) is 1. The zero-order chi connectivity index (χ0) is 12.5. The lowest BCUT2D eigenvalue weighted by Gasteiger charge is -1.95. The van der Waals surface area contributed by atoms with Gasteiger partial charge in [-0.2, -0.15) is 5.10 Å². The zero-order valence-electron chi connectivity index (χ0n) is 9.96. The van der Waals surface area contributed by atoms with Crippen molar-refractivity contribution in [2.24, 2.45) is 7.05 Å². The van der Waals surface area contributed by atoms with Crippen LogP contribution in [-0.2, 0) is 13.5 Å². The van der Waals surface area contributed by atoms with E-state index in [0.29, 0.717) is 12.1 Å². The lowest BCUT2D eigenvalue weighted by molar-refractivity contribution is 0.0990. The molecule has 3 rings (SSSR count). The molecule has 3 nitrogen and oxygen atoms in total. The molecule has 0 fully saturated rings. The van der Waals surface area contributed by atoms with Gasteiger partial charge in [0.25, 0.3) is 0 Å². The fraction of sp³-hybridized carbons (Fsp3) is 0.143. The van der Waals surface area contributed by atoms with Gasteiger partial charge in [-0.3, -0.25) is 9.48 Å². The van der Waals surface area contributed by atoms with Gasteiger partial charge in [-0.15, -0.1) is 11.3 Å². The summed E-state index contributed by atoms with van der Waals surface area (Å²) in [6.45, 7) is 0. The van der Waals surface area contributed by atoms with Gasteiger partial charge in [0.1, 0.15) is 5.69 Å². The van der Waals surface area contributed by atoms with E-state index in [1.165, 1.54) is 0 Å². The number of hydrogen-bond acceptors (Lipinski definition) is 3. The van der Waals surface area contributed by atoms with Crippen LogP contribution in [-0.4, -0.2) is 15.6 Å². The lowest BCUT2D eigenvalue weighted by atomic mass is 10.1. The molecule has 4 heteroatoms. The van der Waals surface area contributed by atoms with Crippen molar-refractivity contribution in [3.8, 4) is 0 Å². The highest BCUT2D eigenvalue weighted by molar-refractivity contribution is 7.10. The molecule has 1 aromatic carbocycles. The standard InChI is InChI=1S/C14H12N2OS/c1-16-12-7-3-2-6-11(12)14(15-16)13(17)9-10-5-4-8-18-10/h2-8H,9H2,1H3. The van der Waals surface area contributed by atoms with E-state index in [4.69, 9.17) is 0 Å². The highest BCUT2D eigenvalue weighted by atomic mass is 32.1. The molecule has 90 valence electrons. The van der Waals surface area contributed by atoms with Crippen molar-refractivity contribution in [2.45, 2.75) is 6.42 Å². The molecular weight excluding hydrogens is 244 g/mol. The Morgan fingerprint density at radius 1 is 1.28 bits per heavy atom. The number of hydrogen-bond donors (Lipinski definition) is 0. The highest BCUT2D eigenvalue weighted by Crippen LogP contribution is 2.20. The van der Waals surface area contributed by atoms with Gasteiger partial charge in [-0.1, -0.05) is 24.3 Å². The number of carbonyl (C=O) groups is 1. The molecule has 0 aliphatic carbocycles. The minimum Gasteiger partial charge on any atom is -0.292 e. The third kappa shape index (κ3) is 1.84. The fourth-order valence-electron chi connectivity index (χ4n) is 2.07. The number of ketones is 1. The monoisotopic (exact) mass is 256 g/mol. The molecule has 0 spiro atoms. The Balaban J connectivity index is 2.01. The van der Waals surface area contributed by atoms with Crippen LogP contribution < -0.4 is 0 Å². The summed E-state index contributed by atoms with van der Waals surface area (Å²) in [7, 11) is 1.87. The minimum atomic E-state index is 0.0780. The Labute approximate surface area is 109 Å². The Morgan fingerprint density at radius 3 is 2.89 bits per heavy atom. The Kier molecular flexibility index (Phi) is 2.72. The number of nitrogens with zero attached hydrogens (tertiary/aromatic N) is 2. The van der Waals surface area contributed by atoms with Gasteiger partial charge in [0.15, 0.2) is 5.78 Å².